The Bertz CT molecular complexity index is 1460. The molecule has 178 valence electrons. The van der Waals surface area contributed by atoms with E-state index in [-0.39, 0.29) is 24.7 Å². The molecule has 0 spiro atoms. The zero-order chi connectivity index (χ0) is 24.7. The van der Waals surface area contributed by atoms with E-state index in [2.05, 4.69) is 20.8 Å². The predicted octanol–water partition coefficient (Wildman–Crippen LogP) is 5.23. The maximum atomic E-state index is 13.1. The Morgan fingerprint density at radius 1 is 1.09 bits per heavy atom. The molecule has 0 saturated carbocycles. The fourth-order valence-corrected chi connectivity index (χ4v) is 4.18. The zero-order valence-corrected chi connectivity index (χ0v) is 18.5. The fourth-order valence-electron chi connectivity index (χ4n) is 4.18. The number of anilines is 3. The van der Waals surface area contributed by atoms with Gasteiger partial charge in [0.15, 0.2) is 0 Å². The van der Waals surface area contributed by atoms with E-state index in [9.17, 15) is 22.8 Å². The molecule has 7 nitrogen and oxygen atoms in total. The van der Waals surface area contributed by atoms with Crippen LogP contribution in [-0.2, 0) is 17.5 Å². The van der Waals surface area contributed by atoms with E-state index in [0.717, 1.165) is 40.0 Å². The van der Waals surface area contributed by atoms with Gasteiger partial charge in [-0.05, 0) is 55.0 Å². The first-order chi connectivity index (χ1) is 16.7. The number of H-pyrrole nitrogens is 1. The van der Waals surface area contributed by atoms with Crippen LogP contribution in [0.25, 0.3) is 10.9 Å². The maximum absolute atomic E-state index is 13.1. The molecule has 0 radical (unpaired) electrons. The van der Waals surface area contributed by atoms with E-state index in [0.29, 0.717) is 11.3 Å². The number of hydrogen-bond donors (Lipinski definition) is 3. The quantitative estimate of drug-likeness (QED) is 0.366. The van der Waals surface area contributed by atoms with E-state index < -0.39 is 17.6 Å². The van der Waals surface area contributed by atoms with Gasteiger partial charge in [-0.1, -0.05) is 18.2 Å². The van der Waals surface area contributed by atoms with Crippen LogP contribution in [0.1, 0.15) is 27.2 Å². The molecule has 3 aromatic carbocycles. The number of nitrogens with zero attached hydrogens (tertiary/aromatic N) is 2. The summed E-state index contributed by atoms with van der Waals surface area (Å²) in [6.07, 6.45) is -4.52. The largest absolute Gasteiger partial charge is 0.416 e. The number of carbonyl (C=O) groups is 2. The van der Waals surface area contributed by atoms with Crippen molar-refractivity contribution in [1.29, 1.82) is 0 Å². The molecule has 0 unspecified atom stereocenters. The Morgan fingerprint density at radius 2 is 1.89 bits per heavy atom. The van der Waals surface area contributed by atoms with E-state index in [1.165, 1.54) is 17.0 Å². The van der Waals surface area contributed by atoms with Crippen molar-refractivity contribution in [3.05, 3.63) is 83.0 Å². The summed E-state index contributed by atoms with van der Waals surface area (Å²) in [4.78, 5) is 27.0. The van der Waals surface area contributed by atoms with Crippen LogP contribution in [0, 0.1) is 6.92 Å². The zero-order valence-electron chi connectivity index (χ0n) is 18.5. The number of halogens is 3. The van der Waals surface area contributed by atoms with Gasteiger partial charge in [0.25, 0.3) is 5.91 Å². The SMILES string of the molecule is Cc1[nH]nc2cc(Nc3cccc4c3C(=O)N(CC(=O)Nc3cccc(C(F)(F)F)c3)C4)ccc12. The predicted molar refractivity (Wildman–Crippen MR) is 125 cm³/mol. The van der Waals surface area contributed by atoms with Gasteiger partial charge in [-0.15, -0.1) is 0 Å². The van der Waals surface area contributed by atoms with Crippen LogP contribution < -0.4 is 10.6 Å². The third kappa shape index (κ3) is 4.42. The van der Waals surface area contributed by atoms with E-state index in [4.69, 9.17) is 0 Å². The Labute approximate surface area is 197 Å². The summed E-state index contributed by atoms with van der Waals surface area (Å²) in [5.74, 6) is -0.918. The van der Waals surface area contributed by atoms with Crippen LogP contribution in [0.5, 0.6) is 0 Å². The van der Waals surface area contributed by atoms with Gasteiger partial charge in [0.2, 0.25) is 5.91 Å². The number of aromatic nitrogens is 2. The summed E-state index contributed by atoms with van der Waals surface area (Å²) in [6.45, 7) is 1.86. The number of fused-ring (bicyclic) bond motifs is 2. The molecule has 1 aliphatic rings. The number of benzene rings is 3. The normalized spacial score (nSPS) is 13.3. The lowest BCUT2D eigenvalue weighted by molar-refractivity contribution is -0.137. The van der Waals surface area contributed by atoms with Crippen molar-refractivity contribution < 1.29 is 22.8 Å². The highest BCUT2D eigenvalue weighted by atomic mass is 19.4. The molecule has 1 aromatic heterocycles. The summed E-state index contributed by atoms with van der Waals surface area (Å²) >= 11 is 0. The number of alkyl halides is 3. The summed E-state index contributed by atoms with van der Waals surface area (Å²) in [6, 6.07) is 15.5. The first kappa shape index (κ1) is 22.5. The molecule has 0 atom stereocenters. The number of nitrogens with one attached hydrogen (secondary N) is 3. The Hall–Kier alpha value is -4.34. The number of aryl methyl sites for hydroxylation is 1. The highest BCUT2D eigenvalue weighted by molar-refractivity contribution is 6.06. The molecule has 0 aliphatic carbocycles. The Balaban J connectivity index is 1.30. The topological polar surface area (TPSA) is 90.1 Å². The highest BCUT2D eigenvalue weighted by Crippen LogP contribution is 2.33. The van der Waals surface area contributed by atoms with Gasteiger partial charge >= 0.3 is 6.18 Å². The molecule has 4 aromatic rings. The van der Waals surface area contributed by atoms with Crippen molar-refractivity contribution in [2.24, 2.45) is 0 Å². The van der Waals surface area contributed by atoms with Crippen molar-refractivity contribution in [2.45, 2.75) is 19.6 Å². The Kier molecular flexibility index (Phi) is 5.43. The maximum Gasteiger partial charge on any atom is 0.416 e. The first-order valence-electron chi connectivity index (χ1n) is 10.8. The lowest BCUT2D eigenvalue weighted by Crippen LogP contribution is -2.33. The minimum atomic E-state index is -4.52. The minimum Gasteiger partial charge on any atom is -0.355 e. The van der Waals surface area contributed by atoms with Gasteiger partial charge in [-0.2, -0.15) is 18.3 Å². The monoisotopic (exact) mass is 479 g/mol. The number of aromatic amines is 1. The van der Waals surface area contributed by atoms with Gasteiger partial charge < -0.3 is 15.5 Å². The highest BCUT2D eigenvalue weighted by Gasteiger charge is 2.32. The second-order valence-corrected chi connectivity index (χ2v) is 8.33. The second kappa shape index (κ2) is 8.46. The third-order valence-corrected chi connectivity index (χ3v) is 5.85. The van der Waals surface area contributed by atoms with Crippen LogP contribution in [0.2, 0.25) is 0 Å². The number of rotatable bonds is 5. The molecule has 1 aliphatic heterocycles. The van der Waals surface area contributed by atoms with Crippen molar-refractivity contribution >= 4 is 39.8 Å². The van der Waals surface area contributed by atoms with Crippen molar-refractivity contribution in [2.75, 3.05) is 17.2 Å². The summed E-state index contributed by atoms with van der Waals surface area (Å²) < 4.78 is 38.8. The number of carbonyl (C=O) groups excluding carboxylic acids is 2. The molecule has 0 bridgehead atoms. The van der Waals surface area contributed by atoms with Crippen molar-refractivity contribution in [3.8, 4) is 0 Å². The van der Waals surface area contributed by atoms with Gasteiger partial charge in [0.1, 0.15) is 6.54 Å². The van der Waals surface area contributed by atoms with Gasteiger partial charge in [0, 0.05) is 29.0 Å². The summed E-state index contributed by atoms with van der Waals surface area (Å²) in [7, 11) is 0. The average molecular weight is 479 g/mol. The lowest BCUT2D eigenvalue weighted by Gasteiger charge is -2.16. The van der Waals surface area contributed by atoms with Crippen LogP contribution in [-0.4, -0.2) is 33.5 Å². The van der Waals surface area contributed by atoms with E-state index in [1.807, 2.05) is 37.3 Å². The van der Waals surface area contributed by atoms with Gasteiger partial charge in [-0.3, -0.25) is 14.7 Å². The molecule has 0 fully saturated rings. The van der Waals surface area contributed by atoms with Crippen LogP contribution in [0.3, 0.4) is 0 Å². The molecule has 2 heterocycles. The minimum absolute atomic E-state index is 0.0142. The molecule has 0 saturated heterocycles. The van der Waals surface area contributed by atoms with Gasteiger partial charge in [-0.25, -0.2) is 0 Å². The van der Waals surface area contributed by atoms with Crippen molar-refractivity contribution in [1.82, 2.24) is 15.1 Å². The average Bonchev–Trinajstić information content (AvgIpc) is 3.33. The summed E-state index contributed by atoms with van der Waals surface area (Å²) in [5.41, 5.74) is 3.46. The van der Waals surface area contributed by atoms with Crippen LogP contribution in [0.15, 0.2) is 60.7 Å². The lowest BCUT2D eigenvalue weighted by atomic mass is 10.1. The molecule has 10 heteroatoms. The smallest absolute Gasteiger partial charge is 0.355 e. The van der Waals surface area contributed by atoms with E-state index >= 15 is 0 Å². The molecule has 5 rings (SSSR count). The van der Waals surface area contributed by atoms with Crippen molar-refractivity contribution in [3.63, 3.8) is 0 Å². The van der Waals surface area contributed by atoms with Crippen LogP contribution >= 0.6 is 0 Å². The fraction of sp³-hybridized carbons (Fsp3) is 0.160. The third-order valence-electron chi connectivity index (χ3n) is 5.85. The van der Waals surface area contributed by atoms with E-state index in [1.54, 1.807) is 6.07 Å². The first-order valence-corrected chi connectivity index (χ1v) is 10.8. The molecular weight excluding hydrogens is 459 g/mol. The Morgan fingerprint density at radius 3 is 2.69 bits per heavy atom. The molecular formula is C25H20F3N5O2. The molecule has 2 amide bonds. The number of amides is 2. The number of hydrogen-bond acceptors (Lipinski definition) is 4. The standard InChI is InChI=1S/C25H20F3N5O2/c1-14-19-9-8-18(11-21(19)32-31-14)29-20-7-2-4-15-12-33(24(35)23(15)20)13-22(34)30-17-6-3-5-16(10-17)25(26,27)28/h2-11,29H,12-13H2,1H3,(H,30,34)(H,31,32). The molecule has 3 N–H and O–H groups in total. The summed E-state index contributed by atoms with van der Waals surface area (Å²) in [5, 5.41) is 13.9. The van der Waals surface area contributed by atoms with Crippen LogP contribution in [0.4, 0.5) is 30.2 Å². The molecule has 35 heavy (non-hydrogen) atoms. The van der Waals surface area contributed by atoms with Gasteiger partial charge in [0.05, 0.1) is 22.3 Å². The second-order valence-electron chi connectivity index (χ2n) is 8.33.